The number of aliphatic hydroxyl groups excluding tert-OH is 1. The highest BCUT2D eigenvalue weighted by Crippen LogP contribution is 2.17. The molecule has 0 amide bonds. The SMILES string of the molecule is CCOc1ccc(OCCN(C)CCCO)cc1. The van der Waals surface area contributed by atoms with Crippen molar-refractivity contribution >= 4 is 0 Å². The zero-order valence-electron chi connectivity index (χ0n) is 11.3. The third-order valence-corrected chi connectivity index (χ3v) is 2.57. The van der Waals surface area contributed by atoms with Crippen LogP contribution >= 0.6 is 0 Å². The van der Waals surface area contributed by atoms with Crippen LogP contribution in [0.4, 0.5) is 0 Å². The average Bonchev–Trinajstić information content (AvgIpc) is 2.39. The summed E-state index contributed by atoms with van der Waals surface area (Å²) in [6.07, 6.45) is 0.805. The van der Waals surface area contributed by atoms with E-state index in [1.165, 1.54) is 0 Å². The fourth-order valence-electron chi connectivity index (χ4n) is 1.57. The second kappa shape index (κ2) is 8.78. The highest BCUT2D eigenvalue weighted by Gasteiger charge is 1.99. The maximum atomic E-state index is 8.72. The van der Waals surface area contributed by atoms with Gasteiger partial charge in [-0.3, -0.25) is 0 Å². The largest absolute Gasteiger partial charge is 0.494 e. The van der Waals surface area contributed by atoms with Gasteiger partial charge in [0.1, 0.15) is 18.1 Å². The van der Waals surface area contributed by atoms with Crippen molar-refractivity contribution in [2.24, 2.45) is 0 Å². The van der Waals surface area contributed by atoms with E-state index in [9.17, 15) is 0 Å². The molecular weight excluding hydrogens is 230 g/mol. The van der Waals surface area contributed by atoms with Gasteiger partial charge in [0.15, 0.2) is 0 Å². The minimum Gasteiger partial charge on any atom is -0.494 e. The fourth-order valence-corrected chi connectivity index (χ4v) is 1.57. The lowest BCUT2D eigenvalue weighted by molar-refractivity contribution is 0.213. The van der Waals surface area contributed by atoms with Gasteiger partial charge in [-0.05, 0) is 44.7 Å². The highest BCUT2D eigenvalue weighted by atomic mass is 16.5. The van der Waals surface area contributed by atoms with E-state index in [1.807, 2.05) is 38.2 Å². The van der Waals surface area contributed by atoms with Crippen molar-refractivity contribution in [2.45, 2.75) is 13.3 Å². The zero-order valence-corrected chi connectivity index (χ0v) is 11.3. The van der Waals surface area contributed by atoms with Crippen molar-refractivity contribution < 1.29 is 14.6 Å². The normalized spacial score (nSPS) is 10.7. The first-order valence-corrected chi connectivity index (χ1v) is 6.41. The molecule has 0 bridgehead atoms. The molecule has 0 unspecified atom stereocenters. The molecule has 1 rings (SSSR count). The number of hydrogen-bond donors (Lipinski definition) is 1. The number of ether oxygens (including phenoxy) is 2. The maximum Gasteiger partial charge on any atom is 0.119 e. The predicted octanol–water partition coefficient (Wildman–Crippen LogP) is 1.78. The lowest BCUT2D eigenvalue weighted by Gasteiger charge is -2.16. The van der Waals surface area contributed by atoms with Gasteiger partial charge in [-0.2, -0.15) is 0 Å². The van der Waals surface area contributed by atoms with E-state index < -0.39 is 0 Å². The second-order valence-corrected chi connectivity index (χ2v) is 4.13. The first-order chi connectivity index (χ1) is 8.76. The summed E-state index contributed by atoms with van der Waals surface area (Å²) in [5.41, 5.74) is 0. The molecule has 102 valence electrons. The number of aliphatic hydroxyl groups is 1. The molecule has 0 aliphatic carbocycles. The quantitative estimate of drug-likeness (QED) is 0.728. The minimum atomic E-state index is 0.240. The predicted molar refractivity (Wildman–Crippen MR) is 72.3 cm³/mol. The summed E-state index contributed by atoms with van der Waals surface area (Å²) in [6.45, 7) is 5.28. The molecule has 4 nitrogen and oxygen atoms in total. The Hall–Kier alpha value is -1.26. The van der Waals surface area contributed by atoms with Crippen LogP contribution < -0.4 is 9.47 Å². The number of hydrogen-bond acceptors (Lipinski definition) is 4. The molecule has 0 heterocycles. The van der Waals surface area contributed by atoms with Crippen molar-refractivity contribution in [1.29, 1.82) is 0 Å². The van der Waals surface area contributed by atoms with Crippen molar-refractivity contribution in [3.8, 4) is 11.5 Å². The molecular formula is C14H23NO3. The smallest absolute Gasteiger partial charge is 0.119 e. The summed E-state index contributed by atoms with van der Waals surface area (Å²) in [5, 5.41) is 8.72. The van der Waals surface area contributed by atoms with Crippen LogP contribution in [0, 0.1) is 0 Å². The Bertz CT molecular complexity index is 313. The van der Waals surface area contributed by atoms with E-state index in [2.05, 4.69) is 4.90 Å². The molecule has 0 saturated carbocycles. The Morgan fingerprint density at radius 3 is 2.22 bits per heavy atom. The van der Waals surface area contributed by atoms with Gasteiger partial charge in [-0.15, -0.1) is 0 Å². The Morgan fingerprint density at radius 1 is 1.06 bits per heavy atom. The van der Waals surface area contributed by atoms with Crippen LogP contribution in [-0.4, -0.2) is 50.0 Å². The first-order valence-electron chi connectivity index (χ1n) is 6.41. The van der Waals surface area contributed by atoms with Gasteiger partial charge < -0.3 is 19.5 Å². The molecule has 0 spiro atoms. The van der Waals surface area contributed by atoms with Gasteiger partial charge in [0.25, 0.3) is 0 Å². The molecule has 0 fully saturated rings. The minimum absolute atomic E-state index is 0.240. The van der Waals surface area contributed by atoms with Gasteiger partial charge in [0, 0.05) is 19.7 Å². The van der Waals surface area contributed by atoms with Gasteiger partial charge in [0.05, 0.1) is 6.61 Å². The third kappa shape index (κ3) is 5.89. The van der Waals surface area contributed by atoms with Gasteiger partial charge in [0.2, 0.25) is 0 Å². The monoisotopic (exact) mass is 253 g/mol. The fraction of sp³-hybridized carbons (Fsp3) is 0.571. The molecule has 0 radical (unpaired) electrons. The Kier molecular flexibility index (Phi) is 7.22. The molecule has 1 aromatic carbocycles. The number of benzene rings is 1. The Balaban J connectivity index is 2.22. The number of likely N-dealkylation sites (N-methyl/N-ethyl adjacent to an activating group) is 1. The maximum absolute atomic E-state index is 8.72. The second-order valence-electron chi connectivity index (χ2n) is 4.13. The van der Waals surface area contributed by atoms with Crippen molar-refractivity contribution in [3.05, 3.63) is 24.3 Å². The van der Waals surface area contributed by atoms with E-state index in [0.717, 1.165) is 31.0 Å². The highest BCUT2D eigenvalue weighted by molar-refractivity contribution is 5.31. The number of rotatable bonds is 9. The number of nitrogens with zero attached hydrogens (tertiary/aromatic N) is 1. The summed E-state index contributed by atoms with van der Waals surface area (Å²) < 4.78 is 11.0. The molecule has 0 atom stereocenters. The average molecular weight is 253 g/mol. The van der Waals surface area contributed by atoms with Crippen LogP contribution in [-0.2, 0) is 0 Å². The van der Waals surface area contributed by atoms with E-state index in [4.69, 9.17) is 14.6 Å². The Labute approximate surface area is 109 Å². The van der Waals surface area contributed by atoms with Crippen LogP contribution in [0.3, 0.4) is 0 Å². The Morgan fingerprint density at radius 2 is 1.67 bits per heavy atom. The van der Waals surface area contributed by atoms with Crippen LogP contribution in [0.25, 0.3) is 0 Å². The molecule has 4 heteroatoms. The van der Waals surface area contributed by atoms with E-state index >= 15 is 0 Å². The molecule has 0 aliphatic rings. The van der Waals surface area contributed by atoms with Crippen LogP contribution in [0.5, 0.6) is 11.5 Å². The molecule has 0 aliphatic heterocycles. The lowest BCUT2D eigenvalue weighted by Crippen LogP contribution is -2.25. The van der Waals surface area contributed by atoms with Crippen LogP contribution in [0.2, 0.25) is 0 Å². The van der Waals surface area contributed by atoms with E-state index in [1.54, 1.807) is 0 Å². The van der Waals surface area contributed by atoms with Gasteiger partial charge >= 0.3 is 0 Å². The summed E-state index contributed by atoms with van der Waals surface area (Å²) in [4.78, 5) is 2.14. The van der Waals surface area contributed by atoms with Crippen LogP contribution in [0.15, 0.2) is 24.3 Å². The molecule has 1 aromatic rings. The standard InChI is InChI=1S/C14H23NO3/c1-3-17-13-5-7-14(8-6-13)18-12-10-15(2)9-4-11-16/h5-8,16H,3-4,9-12H2,1-2H3. The molecule has 18 heavy (non-hydrogen) atoms. The van der Waals surface area contributed by atoms with Crippen molar-refractivity contribution in [3.63, 3.8) is 0 Å². The zero-order chi connectivity index (χ0) is 13.2. The van der Waals surface area contributed by atoms with E-state index in [-0.39, 0.29) is 6.61 Å². The van der Waals surface area contributed by atoms with Gasteiger partial charge in [-0.1, -0.05) is 0 Å². The summed E-state index contributed by atoms with van der Waals surface area (Å²) in [6, 6.07) is 7.65. The van der Waals surface area contributed by atoms with Gasteiger partial charge in [-0.25, -0.2) is 0 Å². The lowest BCUT2D eigenvalue weighted by atomic mass is 10.3. The van der Waals surface area contributed by atoms with E-state index in [0.29, 0.717) is 13.2 Å². The summed E-state index contributed by atoms with van der Waals surface area (Å²) in [7, 11) is 2.03. The van der Waals surface area contributed by atoms with Crippen molar-refractivity contribution in [2.75, 3.05) is 40.0 Å². The summed E-state index contributed by atoms with van der Waals surface area (Å²) >= 11 is 0. The molecule has 0 aromatic heterocycles. The molecule has 1 N–H and O–H groups in total. The topological polar surface area (TPSA) is 41.9 Å². The van der Waals surface area contributed by atoms with Crippen LogP contribution in [0.1, 0.15) is 13.3 Å². The summed E-state index contributed by atoms with van der Waals surface area (Å²) in [5.74, 6) is 1.72. The molecule has 0 saturated heterocycles. The third-order valence-electron chi connectivity index (χ3n) is 2.57. The first kappa shape index (κ1) is 14.8. The van der Waals surface area contributed by atoms with Crippen molar-refractivity contribution in [1.82, 2.24) is 4.90 Å².